The Bertz CT molecular complexity index is 165. The highest BCUT2D eigenvalue weighted by Gasteiger charge is 2.23. The number of carbonyl (C=O) groups is 1. The first kappa shape index (κ1) is 12.5. The van der Waals surface area contributed by atoms with Crippen molar-refractivity contribution in [1.29, 1.82) is 0 Å². The number of carbonyl (C=O) groups excluding carboxylic acids is 1. The Morgan fingerprint density at radius 1 is 1.38 bits per heavy atom. The summed E-state index contributed by atoms with van der Waals surface area (Å²) in [4.78, 5) is 11.5. The van der Waals surface area contributed by atoms with Crippen LogP contribution in [-0.2, 0) is 4.79 Å². The van der Waals surface area contributed by atoms with Gasteiger partial charge in [-0.15, -0.1) is 0 Å². The molecule has 0 rings (SSSR count). The zero-order chi connectivity index (χ0) is 10.5. The van der Waals surface area contributed by atoms with Crippen molar-refractivity contribution in [2.75, 3.05) is 0 Å². The van der Waals surface area contributed by atoms with Crippen LogP contribution in [0.25, 0.3) is 0 Å². The zero-order valence-electron chi connectivity index (χ0n) is 9.61. The maximum absolute atomic E-state index is 11.5. The van der Waals surface area contributed by atoms with Crippen LogP contribution in [0.5, 0.6) is 0 Å². The molecule has 0 aromatic carbocycles. The van der Waals surface area contributed by atoms with Gasteiger partial charge in [-0.1, -0.05) is 34.1 Å². The summed E-state index contributed by atoms with van der Waals surface area (Å²) in [6, 6.07) is 0. The van der Waals surface area contributed by atoms with E-state index in [1.54, 1.807) is 0 Å². The van der Waals surface area contributed by atoms with Crippen molar-refractivity contribution >= 4 is 5.91 Å². The first-order valence-electron chi connectivity index (χ1n) is 5.27. The van der Waals surface area contributed by atoms with Gasteiger partial charge < -0.3 is 5.32 Å². The SMILES string of the molecule is CCCC(C)(CC)NC(=O)C(C)C. The zero-order valence-corrected chi connectivity index (χ0v) is 9.61. The van der Waals surface area contributed by atoms with Crippen LogP contribution in [0.2, 0.25) is 0 Å². The van der Waals surface area contributed by atoms with Crippen molar-refractivity contribution in [1.82, 2.24) is 5.32 Å². The van der Waals surface area contributed by atoms with E-state index in [-0.39, 0.29) is 17.4 Å². The van der Waals surface area contributed by atoms with Crippen LogP contribution in [0, 0.1) is 5.92 Å². The summed E-state index contributed by atoms with van der Waals surface area (Å²) in [5, 5.41) is 3.10. The number of nitrogens with one attached hydrogen (secondary N) is 1. The lowest BCUT2D eigenvalue weighted by molar-refractivity contribution is -0.125. The molecule has 0 heterocycles. The molecule has 0 bridgehead atoms. The van der Waals surface area contributed by atoms with E-state index in [1.165, 1.54) is 0 Å². The van der Waals surface area contributed by atoms with Crippen molar-refractivity contribution in [3.8, 4) is 0 Å². The quantitative estimate of drug-likeness (QED) is 0.701. The van der Waals surface area contributed by atoms with Gasteiger partial charge in [0, 0.05) is 11.5 Å². The molecular weight excluding hydrogens is 162 g/mol. The predicted octanol–water partition coefficient (Wildman–Crippen LogP) is 2.73. The summed E-state index contributed by atoms with van der Waals surface area (Å²) in [5.74, 6) is 0.250. The van der Waals surface area contributed by atoms with Crippen LogP contribution in [0.1, 0.15) is 53.9 Å². The second-order valence-electron chi connectivity index (χ2n) is 4.31. The van der Waals surface area contributed by atoms with E-state index in [1.807, 2.05) is 13.8 Å². The summed E-state index contributed by atoms with van der Waals surface area (Å²) < 4.78 is 0. The monoisotopic (exact) mass is 185 g/mol. The maximum Gasteiger partial charge on any atom is 0.222 e. The van der Waals surface area contributed by atoms with E-state index < -0.39 is 0 Å². The van der Waals surface area contributed by atoms with Crippen LogP contribution < -0.4 is 5.32 Å². The second kappa shape index (κ2) is 5.25. The molecular formula is C11H23NO. The largest absolute Gasteiger partial charge is 0.351 e. The van der Waals surface area contributed by atoms with Crippen LogP contribution in [0.15, 0.2) is 0 Å². The highest BCUT2D eigenvalue weighted by atomic mass is 16.2. The Balaban J connectivity index is 4.18. The van der Waals surface area contributed by atoms with Gasteiger partial charge in [-0.25, -0.2) is 0 Å². The Morgan fingerprint density at radius 2 is 1.92 bits per heavy atom. The van der Waals surface area contributed by atoms with Gasteiger partial charge in [0.15, 0.2) is 0 Å². The Morgan fingerprint density at radius 3 is 2.23 bits per heavy atom. The lowest BCUT2D eigenvalue weighted by Gasteiger charge is -2.30. The van der Waals surface area contributed by atoms with Crippen LogP contribution in [0.3, 0.4) is 0 Å². The van der Waals surface area contributed by atoms with Gasteiger partial charge in [0.25, 0.3) is 0 Å². The molecule has 13 heavy (non-hydrogen) atoms. The summed E-state index contributed by atoms with van der Waals surface area (Å²) in [5.41, 5.74) is -0.00387. The molecule has 2 nitrogen and oxygen atoms in total. The third kappa shape index (κ3) is 4.30. The molecule has 0 fully saturated rings. The van der Waals surface area contributed by atoms with Crippen molar-refractivity contribution in [3.05, 3.63) is 0 Å². The van der Waals surface area contributed by atoms with Gasteiger partial charge in [0.05, 0.1) is 0 Å². The minimum Gasteiger partial charge on any atom is -0.351 e. The van der Waals surface area contributed by atoms with Gasteiger partial charge in [-0.3, -0.25) is 4.79 Å². The van der Waals surface area contributed by atoms with Gasteiger partial charge in [0.1, 0.15) is 0 Å². The molecule has 0 aliphatic rings. The predicted molar refractivity (Wildman–Crippen MR) is 56.6 cm³/mol. The molecule has 0 saturated heterocycles. The van der Waals surface area contributed by atoms with Gasteiger partial charge >= 0.3 is 0 Å². The minimum atomic E-state index is -0.00387. The molecule has 0 aromatic heterocycles. The van der Waals surface area contributed by atoms with E-state index in [9.17, 15) is 4.79 Å². The smallest absolute Gasteiger partial charge is 0.222 e. The standard InChI is InChI=1S/C11H23NO/c1-6-8-11(5,7-2)12-10(13)9(3)4/h9H,6-8H2,1-5H3,(H,12,13). The van der Waals surface area contributed by atoms with E-state index in [2.05, 4.69) is 26.1 Å². The van der Waals surface area contributed by atoms with Crippen molar-refractivity contribution < 1.29 is 4.79 Å². The fourth-order valence-corrected chi connectivity index (χ4v) is 1.32. The Kier molecular flexibility index (Phi) is 5.04. The molecule has 1 N–H and O–H groups in total. The molecule has 1 atom stereocenters. The maximum atomic E-state index is 11.5. The fraction of sp³-hybridized carbons (Fsp3) is 0.909. The molecule has 1 unspecified atom stereocenters. The Hall–Kier alpha value is -0.530. The van der Waals surface area contributed by atoms with E-state index in [0.717, 1.165) is 19.3 Å². The van der Waals surface area contributed by atoms with E-state index in [0.29, 0.717) is 0 Å². The molecule has 0 aromatic rings. The summed E-state index contributed by atoms with van der Waals surface area (Å²) >= 11 is 0. The van der Waals surface area contributed by atoms with Gasteiger partial charge in [-0.2, -0.15) is 0 Å². The van der Waals surface area contributed by atoms with E-state index in [4.69, 9.17) is 0 Å². The second-order valence-corrected chi connectivity index (χ2v) is 4.31. The third-order valence-corrected chi connectivity index (χ3v) is 2.53. The highest BCUT2D eigenvalue weighted by molar-refractivity contribution is 5.78. The highest BCUT2D eigenvalue weighted by Crippen LogP contribution is 2.16. The van der Waals surface area contributed by atoms with Crippen molar-refractivity contribution in [3.63, 3.8) is 0 Å². The summed E-state index contributed by atoms with van der Waals surface area (Å²) in [6.07, 6.45) is 3.17. The van der Waals surface area contributed by atoms with Crippen LogP contribution >= 0.6 is 0 Å². The van der Waals surface area contributed by atoms with Gasteiger partial charge in [-0.05, 0) is 19.8 Å². The average Bonchev–Trinajstić information content (AvgIpc) is 2.04. The molecule has 2 heteroatoms. The number of rotatable bonds is 5. The van der Waals surface area contributed by atoms with Gasteiger partial charge in [0.2, 0.25) is 5.91 Å². The molecule has 0 aliphatic carbocycles. The van der Waals surface area contributed by atoms with Crippen molar-refractivity contribution in [2.45, 2.75) is 59.4 Å². The molecule has 78 valence electrons. The normalized spacial score (nSPS) is 15.5. The molecule has 0 aliphatic heterocycles. The number of hydrogen-bond donors (Lipinski definition) is 1. The lowest BCUT2D eigenvalue weighted by atomic mass is 9.92. The van der Waals surface area contributed by atoms with Crippen molar-refractivity contribution in [2.24, 2.45) is 5.92 Å². The van der Waals surface area contributed by atoms with E-state index >= 15 is 0 Å². The fourth-order valence-electron chi connectivity index (χ4n) is 1.32. The topological polar surface area (TPSA) is 29.1 Å². The number of hydrogen-bond acceptors (Lipinski definition) is 1. The Labute approximate surface area is 82.1 Å². The third-order valence-electron chi connectivity index (χ3n) is 2.53. The molecule has 0 saturated carbocycles. The molecule has 0 spiro atoms. The summed E-state index contributed by atoms with van der Waals surface area (Å²) in [7, 11) is 0. The molecule has 1 amide bonds. The van der Waals surface area contributed by atoms with Crippen LogP contribution in [0.4, 0.5) is 0 Å². The molecule has 0 radical (unpaired) electrons. The first-order valence-corrected chi connectivity index (χ1v) is 5.27. The lowest BCUT2D eigenvalue weighted by Crippen LogP contribution is -2.47. The first-order chi connectivity index (χ1) is 5.95. The minimum absolute atomic E-state index is 0.00387. The van der Waals surface area contributed by atoms with Crippen LogP contribution in [-0.4, -0.2) is 11.4 Å². The number of amides is 1. The summed E-state index contributed by atoms with van der Waals surface area (Å²) in [6.45, 7) is 10.2. The average molecular weight is 185 g/mol.